The van der Waals surface area contributed by atoms with Crippen LogP contribution in [0.4, 0.5) is 0 Å². The van der Waals surface area contributed by atoms with E-state index in [2.05, 4.69) is 42.3 Å². The minimum absolute atomic E-state index is 0.0916. The Morgan fingerprint density at radius 3 is 1.46 bits per heavy atom. The standard InChI is InChI=1S/C14H23NO6.C10H19NO4.C8H15NO3/c1-9(2)13(18)20-7-12(15-11(5-16)6-17)8-21-14(19)10(3)4;1-8(2)10(14)15-5-3-4-11-9(6-12)7-13;1-3-7(12)9-8(4-2,5-10)6-11/h11-12,15-17H,1,3,5-8H2,2,4H3;9,11-13H,1,3-7H2,2H3;3,10-11H,1,4-6H2,2H3,(H,9,12). The molecule has 0 rings (SSSR count). The molecule has 16 heteroatoms. The van der Waals surface area contributed by atoms with E-state index in [1.807, 2.05) is 0 Å². The maximum absolute atomic E-state index is 11.3. The van der Waals surface area contributed by atoms with Gasteiger partial charge in [0.2, 0.25) is 5.91 Å². The normalized spacial score (nSPS) is 10.6. The van der Waals surface area contributed by atoms with E-state index in [4.69, 9.17) is 44.8 Å². The number of aliphatic hydroxyl groups is 6. The molecule has 48 heavy (non-hydrogen) atoms. The van der Waals surface area contributed by atoms with Crippen LogP contribution in [-0.4, -0.2) is 144 Å². The van der Waals surface area contributed by atoms with E-state index in [1.54, 1.807) is 13.8 Å². The predicted molar refractivity (Wildman–Crippen MR) is 178 cm³/mol. The molecule has 9 N–H and O–H groups in total. The molecular formula is C32H57N3O13. The number of nitrogens with one attached hydrogen (secondary N) is 3. The first-order chi connectivity index (χ1) is 22.6. The third kappa shape index (κ3) is 24.7. The summed E-state index contributed by atoms with van der Waals surface area (Å²) in [6.07, 6.45) is 2.21. The number of esters is 3. The highest BCUT2D eigenvalue weighted by atomic mass is 16.5. The van der Waals surface area contributed by atoms with Crippen LogP contribution in [0.15, 0.2) is 49.1 Å². The predicted octanol–water partition coefficient (Wildman–Crippen LogP) is -1.60. The second-order valence-electron chi connectivity index (χ2n) is 10.6. The van der Waals surface area contributed by atoms with Crippen molar-refractivity contribution in [2.75, 3.05) is 66.0 Å². The fourth-order valence-corrected chi connectivity index (χ4v) is 2.85. The average molecular weight is 692 g/mol. The molecule has 0 aliphatic rings. The van der Waals surface area contributed by atoms with Gasteiger partial charge in [-0.05, 0) is 46.2 Å². The van der Waals surface area contributed by atoms with Gasteiger partial charge in [-0.1, -0.05) is 33.2 Å². The zero-order valence-electron chi connectivity index (χ0n) is 28.7. The Morgan fingerprint density at radius 2 is 1.12 bits per heavy atom. The van der Waals surface area contributed by atoms with Crippen LogP contribution in [-0.2, 0) is 33.4 Å². The van der Waals surface area contributed by atoms with Crippen molar-refractivity contribution in [2.24, 2.45) is 0 Å². The summed E-state index contributed by atoms with van der Waals surface area (Å²) < 4.78 is 14.8. The number of ether oxygens (including phenoxy) is 3. The van der Waals surface area contributed by atoms with Gasteiger partial charge < -0.3 is 60.8 Å². The quantitative estimate of drug-likeness (QED) is 0.0253. The highest BCUT2D eigenvalue weighted by Gasteiger charge is 2.27. The molecule has 0 aliphatic heterocycles. The van der Waals surface area contributed by atoms with Gasteiger partial charge in [0, 0.05) is 16.7 Å². The zero-order valence-corrected chi connectivity index (χ0v) is 28.7. The molecule has 0 radical (unpaired) electrons. The maximum Gasteiger partial charge on any atom is 0.333 e. The fourth-order valence-electron chi connectivity index (χ4n) is 2.85. The van der Waals surface area contributed by atoms with E-state index in [-0.39, 0.29) is 76.0 Å². The lowest BCUT2D eigenvalue weighted by molar-refractivity contribution is -0.143. The molecule has 0 spiro atoms. The summed E-state index contributed by atoms with van der Waals surface area (Å²) >= 11 is 0. The lowest BCUT2D eigenvalue weighted by Crippen LogP contribution is -2.53. The topological polar surface area (TPSA) is 253 Å². The number of hydrogen-bond acceptors (Lipinski definition) is 15. The van der Waals surface area contributed by atoms with Crippen molar-refractivity contribution < 1.29 is 64.0 Å². The van der Waals surface area contributed by atoms with Crippen molar-refractivity contribution >= 4 is 23.8 Å². The summed E-state index contributed by atoms with van der Waals surface area (Å²) in [6, 6.07) is -1.48. The first-order valence-corrected chi connectivity index (χ1v) is 15.1. The van der Waals surface area contributed by atoms with Crippen molar-refractivity contribution in [2.45, 2.75) is 64.2 Å². The second-order valence-corrected chi connectivity index (χ2v) is 10.6. The molecular weight excluding hydrogens is 634 g/mol. The lowest BCUT2D eigenvalue weighted by atomic mass is 9.98. The molecule has 1 amide bonds. The van der Waals surface area contributed by atoms with Crippen LogP contribution >= 0.6 is 0 Å². The van der Waals surface area contributed by atoms with Gasteiger partial charge in [0.25, 0.3) is 0 Å². The van der Waals surface area contributed by atoms with Gasteiger partial charge in [0.05, 0.1) is 69.9 Å². The summed E-state index contributed by atoms with van der Waals surface area (Å²) in [5.74, 6) is -1.93. The zero-order chi connectivity index (χ0) is 37.7. The van der Waals surface area contributed by atoms with Crippen molar-refractivity contribution in [1.29, 1.82) is 0 Å². The van der Waals surface area contributed by atoms with Crippen molar-refractivity contribution in [3.8, 4) is 0 Å². The molecule has 0 saturated carbocycles. The van der Waals surface area contributed by atoms with E-state index in [0.717, 1.165) is 6.08 Å². The molecule has 0 unspecified atom stereocenters. The van der Waals surface area contributed by atoms with Crippen molar-refractivity contribution in [3.63, 3.8) is 0 Å². The first-order valence-electron chi connectivity index (χ1n) is 15.1. The first kappa shape index (κ1) is 48.9. The third-order valence-corrected chi connectivity index (χ3v) is 6.07. The van der Waals surface area contributed by atoms with Gasteiger partial charge >= 0.3 is 17.9 Å². The highest BCUT2D eigenvalue weighted by Crippen LogP contribution is 2.07. The molecule has 0 saturated heterocycles. The Hall–Kier alpha value is -3.48. The summed E-state index contributed by atoms with van der Waals surface area (Å²) in [7, 11) is 0. The molecule has 0 heterocycles. The average Bonchev–Trinajstić information content (AvgIpc) is 3.08. The van der Waals surface area contributed by atoms with Crippen LogP contribution in [0.3, 0.4) is 0 Å². The molecule has 0 aromatic rings. The van der Waals surface area contributed by atoms with Crippen LogP contribution in [0.25, 0.3) is 0 Å². The summed E-state index contributed by atoms with van der Waals surface area (Å²) in [6.45, 7) is 19.3. The Labute approximate surface area is 283 Å². The summed E-state index contributed by atoms with van der Waals surface area (Å²) in [5.41, 5.74) is -0.0423. The van der Waals surface area contributed by atoms with Gasteiger partial charge in [-0.15, -0.1) is 0 Å². The van der Waals surface area contributed by atoms with Gasteiger partial charge in [0.15, 0.2) is 0 Å². The number of aliphatic hydroxyl groups excluding tert-OH is 6. The molecule has 16 nitrogen and oxygen atoms in total. The van der Waals surface area contributed by atoms with Crippen LogP contribution < -0.4 is 16.0 Å². The number of amides is 1. The molecule has 0 aromatic heterocycles. The van der Waals surface area contributed by atoms with Crippen LogP contribution in [0, 0.1) is 0 Å². The summed E-state index contributed by atoms with van der Waals surface area (Å²) in [4.78, 5) is 44.5. The van der Waals surface area contributed by atoms with Crippen molar-refractivity contribution in [3.05, 3.63) is 49.1 Å². The van der Waals surface area contributed by atoms with E-state index >= 15 is 0 Å². The van der Waals surface area contributed by atoms with Crippen LogP contribution in [0.2, 0.25) is 0 Å². The molecule has 0 bridgehead atoms. The number of hydrogen-bond donors (Lipinski definition) is 9. The smallest absolute Gasteiger partial charge is 0.333 e. The largest absolute Gasteiger partial charge is 0.462 e. The molecule has 278 valence electrons. The van der Waals surface area contributed by atoms with Gasteiger partial charge in [0.1, 0.15) is 13.2 Å². The monoisotopic (exact) mass is 691 g/mol. The van der Waals surface area contributed by atoms with Crippen LogP contribution in [0.5, 0.6) is 0 Å². The maximum atomic E-state index is 11.3. The van der Waals surface area contributed by atoms with E-state index in [9.17, 15) is 19.2 Å². The number of carbonyl (C=O) groups excluding carboxylic acids is 4. The van der Waals surface area contributed by atoms with E-state index in [1.165, 1.54) is 13.8 Å². The van der Waals surface area contributed by atoms with Crippen molar-refractivity contribution in [1.82, 2.24) is 16.0 Å². The Morgan fingerprint density at radius 1 is 0.708 bits per heavy atom. The molecule has 0 atom stereocenters. The second kappa shape index (κ2) is 29.6. The van der Waals surface area contributed by atoms with Crippen LogP contribution in [0.1, 0.15) is 40.5 Å². The molecule has 0 fully saturated rings. The molecule has 0 aliphatic carbocycles. The Balaban J connectivity index is -0.000000662. The van der Waals surface area contributed by atoms with E-state index in [0.29, 0.717) is 31.6 Å². The Bertz CT molecular complexity index is 953. The SMILES string of the molecule is C=C(C)C(=O)OCC(COC(=O)C(=C)C)NC(CO)CO.C=C(C)C(=O)OCCCNC(CO)CO.C=CC(=O)NC(CC)(CO)CO. The number of carbonyl (C=O) groups is 4. The van der Waals surface area contributed by atoms with Gasteiger partial charge in [-0.3, -0.25) is 4.79 Å². The summed E-state index contributed by atoms with van der Waals surface area (Å²) in [5, 5.41) is 61.6. The lowest BCUT2D eigenvalue weighted by Gasteiger charge is -2.28. The minimum atomic E-state index is -0.911. The third-order valence-electron chi connectivity index (χ3n) is 6.07. The fraction of sp³-hybridized carbons (Fsp3) is 0.625. The highest BCUT2D eigenvalue weighted by molar-refractivity contribution is 5.88. The molecule has 0 aromatic carbocycles. The number of rotatable bonds is 23. The van der Waals surface area contributed by atoms with E-state index < -0.39 is 35.5 Å². The minimum Gasteiger partial charge on any atom is -0.462 e. The van der Waals surface area contributed by atoms with Gasteiger partial charge in [-0.2, -0.15) is 0 Å². The van der Waals surface area contributed by atoms with Gasteiger partial charge in [-0.25, -0.2) is 14.4 Å². The Kier molecular flexibility index (Phi) is 30.2.